The van der Waals surface area contributed by atoms with Gasteiger partial charge in [-0.2, -0.15) is 0 Å². The molecule has 0 aliphatic carbocycles. The highest BCUT2D eigenvalue weighted by Crippen LogP contribution is 2.32. The number of piperidine rings is 1. The molecule has 1 aliphatic heterocycles. The van der Waals surface area contributed by atoms with Crippen molar-refractivity contribution in [3.8, 4) is 0 Å². The third-order valence-corrected chi connectivity index (χ3v) is 4.83. The standard InChI is InChI=1S/C19H22N2/c1-2-21-18-9-4-3-7-15(18)16-13-14(10-11-19(16)21)17-8-5-6-12-20-17/h3-4,7,9-11,13,17,20H,2,5-6,8,12H2,1H3/t17-/m1/s1. The first kappa shape index (κ1) is 12.9. The van der Waals surface area contributed by atoms with E-state index in [9.17, 15) is 0 Å². The van der Waals surface area contributed by atoms with E-state index in [1.54, 1.807) is 0 Å². The van der Waals surface area contributed by atoms with Gasteiger partial charge in [0.1, 0.15) is 0 Å². The van der Waals surface area contributed by atoms with E-state index in [1.165, 1.54) is 46.6 Å². The fourth-order valence-corrected chi connectivity index (χ4v) is 3.77. The van der Waals surface area contributed by atoms with Crippen LogP contribution < -0.4 is 5.32 Å². The first-order chi connectivity index (χ1) is 10.4. The van der Waals surface area contributed by atoms with Gasteiger partial charge < -0.3 is 9.88 Å². The van der Waals surface area contributed by atoms with Crippen molar-refractivity contribution in [1.29, 1.82) is 0 Å². The van der Waals surface area contributed by atoms with Crippen LogP contribution >= 0.6 is 0 Å². The molecule has 1 saturated heterocycles. The van der Waals surface area contributed by atoms with Crippen LogP contribution in [0.5, 0.6) is 0 Å². The molecule has 3 aromatic rings. The van der Waals surface area contributed by atoms with Crippen LogP contribution in [0.2, 0.25) is 0 Å². The second kappa shape index (κ2) is 5.19. The Bertz CT molecular complexity index is 779. The summed E-state index contributed by atoms with van der Waals surface area (Å²) in [5.74, 6) is 0. The molecule has 2 aromatic carbocycles. The second-order valence-electron chi connectivity index (χ2n) is 6.04. The van der Waals surface area contributed by atoms with Gasteiger partial charge in [0.25, 0.3) is 0 Å². The minimum Gasteiger partial charge on any atom is -0.341 e. The van der Waals surface area contributed by atoms with E-state index in [2.05, 4.69) is 59.3 Å². The predicted molar refractivity (Wildman–Crippen MR) is 89.7 cm³/mol. The SMILES string of the molecule is CCn1c2ccccc2c2cc([C@H]3CCCCN3)ccc21. The van der Waals surface area contributed by atoms with E-state index in [0.29, 0.717) is 6.04 Å². The van der Waals surface area contributed by atoms with Crippen LogP contribution in [0.4, 0.5) is 0 Å². The Morgan fingerprint density at radius 3 is 2.71 bits per heavy atom. The number of aryl methyl sites for hydroxylation is 1. The molecule has 0 bridgehead atoms. The highest BCUT2D eigenvalue weighted by Gasteiger charge is 2.16. The molecule has 0 radical (unpaired) electrons. The molecule has 2 heterocycles. The molecule has 1 N–H and O–H groups in total. The van der Waals surface area contributed by atoms with Gasteiger partial charge in [0.15, 0.2) is 0 Å². The minimum atomic E-state index is 0.534. The Labute approximate surface area is 125 Å². The number of fused-ring (bicyclic) bond motifs is 3. The normalized spacial score (nSPS) is 19.4. The molecule has 1 aromatic heterocycles. The molecular formula is C19H22N2. The molecule has 21 heavy (non-hydrogen) atoms. The Morgan fingerprint density at radius 1 is 1.05 bits per heavy atom. The average molecular weight is 278 g/mol. The molecule has 0 spiro atoms. The van der Waals surface area contributed by atoms with Crippen molar-refractivity contribution >= 4 is 21.8 Å². The predicted octanol–water partition coefficient (Wildman–Crippen LogP) is 4.63. The fraction of sp³-hybridized carbons (Fsp3) is 0.368. The minimum absolute atomic E-state index is 0.534. The zero-order chi connectivity index (χ0) is 14.2. The number of benzene rings is 2. The summed E-state index contributed by atoms with van der Waals surface area (Å²) in [6.45, 7) is 4.40. The number of hydrogen-bond donors (Lipinski definition) is 1. The molecule has 108 valence electrons. The van der Waals surface area contributed by atoms with Crippen LogP contribution in [0.15, 0.2) is 42.5 Å². The summed E-state index contributed by atoms with van der Waals surface area (Å²) < 4.78 is 2.42. The van der Waals surface area contributed by atoms with Crippen LogP contribution in [0.25, 0.3) is 21.8 Å². The van der Waals surface area contributed by atoms with Crippen molar-refractivity contribution in [2.75, 3.05) is 6.54 Å². The third-order valence-electron chi connectivity index (χ3n) is 4.83. The quantitative estimate of drug-likeness (QED) is 0.723. The number of rotatable bonds is 2. The summed E-state index contributed by atoms with van der Waals surface area (Å²) in [6, 6.07) is 16.3. The highest BCUT2D eigenvalue weighted by molar-refractivity contribution is 6.08. The van der Waals surface area contributed by atoms with E-state index >= 15 is 0 Å². The maximum Gasteiger partial charge on any atom is 0.0491 e. The number of aromatic nitrogens is 1. The first-order valence-corrected chi connectivity index (χ1v) is 8.13. The topological polar surface area (TPSA) is 17.0 Å². The average Bonchev–Trinajstić information content (AvgIpc) is 2.88. The molecule has 1 aliphatic rings. The van der Waals surface area contributed by atoms with Crippen molar-refractivity contribution in [3.63, 3.8) is 0 Å². The Morgan fingerprint density at radius 2 is 1.90 bits per heavy atom. The molecule has 2 nitrogen and oxygen atoms in total. The largest absolute Gasteiger partial charge is 0.341 e. The van der Waals surface area contributed by atoms with Gasteiger partial charge >= 0.3 is 0 Å². The molecule has 0 unspecified atom stereocenters. The summed E-state index contributed by atoms with van der Waals surface area (Å²) in [4.78, 5) is 0. The van der Waals surface area contributed by atoms with Crippen LogP contribution in [-0.4, -0.2) is 11.1 Å². The number of nitrogens with one attached hydrogen (secondary N) is 1. The van der Waals surface area contributed by atoms with Crippen molar-refractivity contribution < 1.29 is 0 Å². The van der Waals surface area contributed by atoms with Gasteiger partial charge in [0, 0.05) is 34.4 Å². The van der Waals surface area contributed by atoms with Gasteiger partial charge in [-0.1, -0.05) is 30.7 Å². The molecule has 4 rings (SSSR count). The lowest BCUT2D eigenvalue weighted by Gasteiger charge is -2.24. The van der Waals surface area contributed by atoms with E-state index in [-0.39, 0.29) is 0 Å². The first-order valence-electron chi connectivity index (χ1n) is 8.13. The lowest BCUT2D eigenvalue weighted by atomic mass is 9.96. The van der Waals surface area contributed by atoms with E-state index in [0.717, 1.165) is 13.1 Å². The number of hydrogen-bond acceptors (Lipinski definition) is 1. The molecule has 1 atom stereocenters. The maximum absolute atomic E-state index is 3.66. The molecule has 1 fully saturated rings. The van der Waals surface area contributed by atoms with Crippen LogP contribution in [0.3, 0.4) is 0 Å². The van der Waals surface area contributed by atoms with Gasteiger partial charge in [-0.3, -0.25) is 0 Å². The maximum atomic E-state index is 3.66. The van der Waals surface area contributed by atoms with E-state index in [1.807, 2.05) is 0 Å². The number of para-hydroxylation sites is 1. The smallest absolute Gasteiger partial charge is 0.0491 e. The van der Waals surface area contributed by atoms with Gasteiger partial charge in [-0.15, -0.1) is 0 Å². The van der Waals surface area contributed by atoms with Gasteiger partial charge in [-0.05, 0) is 50.1 Å². The molecular weight excluding hydrogens is 256 g/mol. The zero-order valence-electron chi connectivity index (χ0n) is 12.6. The Balaban J connectivity index is 1.92. The summed E-state index contributed by atoms with van der Waals surface area (Å²) in [5.41, 5.74) is 4.16. The Hall–Kier alpha value is -1.80. The highest BCUT2D eigenvalue weighted by atomic mass is 15.0. The van der Waals surface area contributed by atoms with Crippen molar-refractivity contribution in [1.82, 2.24) is 9.88 Å². The van der Waals surface area contributed by atoms with Gasteiger partial charge in [0.2, 0.25) is 0 Å². The molecule has 0 amide bonds. The second-order valence-corrected chi connectivity index (χ2v) is 6.04. The molecule has 0 saturated carbocycles. The van der Waals surface area contributed by atoms with Gasteiger partial charge in [0.05, 0.1) is 0 Å². The molecule has 2 heteroatoms. The van der Waals surface area contributed by atoms with Crippen LogP contribution in [0, 0.1) is 0 Å². The lowest BCUT2D eigenvalue weighted by molar-refractivity contribution is 0.412. The summed E-state index contributed by atoms with van der Waals surface area (Å²) in [6.07, 6.45) is 3.91. The summed E-state index contributed by atoms with van der Waals surface area (Å²) in [7, 11) is 0. The van der Waals surface area contributed by atoms with Crippen LogP contribution in [0.1, 0.15) is 37.8 Å². The number of nitrogens with zero attached hydrogens (tertiary/aromatic N) is 1. The third kappa shape index (κ3) is 2.06. The van der Waals surface area contributed by atoms with E-state index in [4.69, 9.17) is 0 Å². The van der Waals surface area contributed by atoms with Crippen molar-refractivity contribution in [3.05, 3.63) is 48.0 Å². The van der Waals surface area contributed by atoms with Crippen molar-refractivity contribution in [2.45, 2.75) is 38.8 Å². The fourth-order valence-electron chi connectivity index (χ4n) is 3.77. The zero-order valence-corrected chi connectivity index (χ0v) is 12.6. The monoisotopic (exact) mass is 278 g/mol. The van der Waals surface area contributed by atoms with Gasteiger partial charge in [-0.25, -0.2) is 0 Å². The Kier molecular flexibility index (Phi) is 3.19. The lowest BCUT2D eigenvalue weighted by Crippen LogP contribution is -2.26. The summed E-state index contributed by atoms with van der Waals surface area (Å²) >= 11 is 0. The van der Waals surface area contributed by atoms with Crippen LogP contribution in [-0.2, 0) is 6.54 Å². The van der Waals surface area contributed by atoms with E-state index < -0.39 is 0 Å². The summed E-state index contributed by atoms with van der Waals surface area (Å²) in [5, 5.41) is 6.44. The van der Waals surface area contributed by atoms with Crippen molar-refractivity contribution in [2.24, 2.45) is 0 Å².